The first-order valence-electron chi connectivity index (χ1n) is 6.17. The largest absolute Gasteiger partial charge is 0.478 e. The highest BCUT2D eigenvalue weighted by Crippen LogP contribution is 2.30. The Labute approximate surface area is 116 Å². The number of carboxylic acids is 1. The summed E-state index contributed by atoms with van der Waals surface area (Å²) in [6, 6.07) is 7.45. The monoisotopic (exact) mass is 274 g/mol. The van der Waals surface area contributed by atoms with Gasteiger partial charge in [0, 0.05) is 0 Å². The van der Waals surface area contributed by atoms with Crippen LogP contribution in [-0.2, 0) is 0 Å². The van der Waals surface area contributed by atoms with Crippen molar-refractivity contribution in [2.75, 3.05) is 0 Å². The number of aryl methyl sites for hydroxylation is 2. The molecule has 2 aromatic rings. The van der Waals surface area contributed by atoms with E-state index in [9.17, 15) is 9.18 Å². The summed E-state index contributed by atoms with van der Waals surface area (Å²) in [5.74, 6) is -1.27. The van der Waals surface area contributed by atoms with Gasteiger partial charge in [-0.2, -0.15) is 0 Å². The average Bonchev–Trinajstić information content (AvgIpc) is 2.37. The lowest BCUT2D eigenvalue weighted by Crippen LogP contribution is -1.99. The van der Waals surface area contributed by atoms with Crippen molar-refractivity contribution in [2.24, 2.45) is 0 Å². The standard InChI is InChI=1S/C16H15FO3/c1-9-6-10(2)11(3)15(7-9)20-14-5-4-12(16(18)19)8-13(14)17/h4-8H,1-3H3,(H,18,19). The van der Waals surface area contributed by atoms with Gasteiger partial charge in [-0.25, -0.2) is 9.18 Å². The molecule has 0 saturated heterocycles. The van der Waals surface area contributed by atoms with Gasteiger partial charge in [0.05, 0.1) is 5.56 Å². The van der Waals surface area contributed by atoms with Gasteiger partial charge in [0.25, 0.3) is 0 Å². The number of hydrogen-bond acceptors (Lipinski definition) is 2. The van der Waals surface area contributed by atoms with E-state index in [4.69, 9.17) is 9.84 Å². The third-order valence-corrected chi connectivity index (χ3v) is 3.16. The first-order chi connectivity index (χ1) is 9.38. The Bertz CT molecular complexity index is 678. The molecule has 2 aromatic carbocycles. The highest BCUT2D eigenvalue weighted by atomic mass is 19.1. The maximum Gasteiger partial charge on any atom is 0.335 e. The molecule has 4 heteroatoms. The molecule has 0 aliphatic heterocycles. The Morgan fingerprint density at radius 1 is 1.10 bits per heavy atom. The molecule has 0 aromatic heterocycles. The molecule has 0 aliphatic rings. The van der Waals surface area contributed by atoms with Crippen molar-refractivity contribution in [3.05, 3.63) is 58.4 Å². The topological polar surface area (TPSA) is 46.5 Å². The summed E-state index contributed by atoms with van der Waals surface area (Å²) in [4.78, 5) is 10.8. The smallest absolute Gasteiger partial charge is 0.335 e. The van der Waals surface area contributed by atoms with Crippen molar-refractivity contribution in [1.82, 2.24) is 0 Å². The summed E-state index contributed by atoms with van der Waals surface area (Å²) in [7, 11) is 0. The summed E-state index contributed by atoms with van der Waals surface area (Å²) < 4.78 is 19.4. The van der Waals surface area contributed by atoms with Crippen LogP contribution in [0.2, 0.25) is 0 Å². The molecule has 2 rings (SSSR count). The number of carbonyl (C=O) groups is 1. The van der Waals surface area contributed by atoms with Crippen molar-refractivity contribution >= 4 is 5.97 Å². The molecule has 0 aliphatic carbocycles. The molecule has 1 N–H and O–H groups in total. The van der Waals surface area contributed by atoms with Gasteiger partial charge in [0.15, 0.2) is 11.6 Å². The molecule has 3 nitrogen and oxygen atoms in total. The lowest BCUT2D eigenvalue weighted by molar-refractivity contribution is 0.0696. The average molecular weight is 274 g/mol. The molecule has 0 heterocycles. The number of hydrogen-bond donors (Lipinski definition) is 1. The Kier molecular flexibility index (Phi) is 3.74. The number of benzene rings is 2. The number of aromatic carboxylic acids is 1. The molecule has 20 heavy (non-hydrogen) atoms. The fourth-order valence-corrected chi connectivity index (χ4v) is 1.94. The number of carboxylic acid groups (broad SMARTS) is 1. The fourth-order valence-electron chi connectivity index (χ4n) is 1.94. The van der Waals surface area contributed by atoms with E-state index in [-0.39, 0.29) is 11.3 Å². The predicted octanol–water partition coefficient (Wildman–Crippen LogP) is 4.24. The molecule has 0 bridgehead atoms. The van der Waals surface area contributed by atoms with Crippen molar-refractivity contribution < 1.29 is 19.0 Å². The van der Waals surface area contributed by atoms with E-state index in [0.29, 0.717) is 5.75 Å². The van der Waals surface area contributed by atoms with Crippen molar-refractivity contribution in [3.63, 3.8) is 0 Å². The summed E-state index contributed by atoms with van der Waals surface area (Å²) >= 11 is 0. The van der Waals surface area contributed by atoms with Gasteiger partial charge in [0.1, 0.15) is 5.75 Å². The maximum absolute atomic E-state index is 13.8. The lowest BCUT2D eigenvalue weighted by atomic mass is 10.1. The first kappa shape index (κ1) is 14.1. The maximum atomic E-state index is 13.8. The summed E-state index contributed by atoms with van der Waals surface area (Å²) in [6.45, 7) is 5.79. The summed E-state index contributed by atoms with van der Waals surface area (Å²) in [6.07, 6.45) is 0. The Hall–Kier alpha value is -2.36. The van der Waals surface area contributed by atoms with Crippen LogP contribution in [-0.4, -0.2) is 11.1 Å². The highest BCUT2D eigenvalue weighted by molar-refractivity contribution is 5.87. The van der Waals surface area contributed by atoms with Crippen LogP contribution in [0.5, 0.6) is 11.5 Å². The molecule has 0 atom stereocenters. The van der Waals surface area contributed by atoms with Crippen LogP contribution in [0.1, 0.15) is 27.0 Å². The quantitative estimate of drug-likeness (QED) is 0.910. The SMILES string of the molecule is Cc1cc(C)c(C)c(Oc2ccc(C(=O)O)cc2F)c1. The molecule has 0 saturated carbocycles. The van der Waals surface area contributed by atoms with Gasteiger partial charge in [-0.15, -0.1) is 0 Å². The van der Waals surface area contributed by atoms with E-state index in [1.54, 1.807) is 0 Å². The zero-order valence-corrected chi connectivity index (χ0v) is 11.5. The Morgan fingerprint density at radius 2 is 1.80 bits per heavy atom. The van der Waals surface area contributed by atoms with E-state index in [0.717, 1.165) is 22.8 Å². The van der Waals surface area contributed by atoms with Crippen LogP contribution >= 0.6 is 0 Å². The van der Waals surface area contributed by atoms with Gasteiger partial charge in [-0.3, -0.25) is 0 Å². The van der Waals surface area contributed by atoms with Crippen LogP contribution in [0.3, 0.4) is 0 Å². The molecule has 0 radical (unpaired) electrons. The van der Waals surface area contributed by atoms with Crippen LogP contribution in [0.15, 0.2) is 30.3 Å². The number of rotatable bonds is 3. The van der Waals surface area contributed by atoms with E-state index in [1.807, 2.05) is 32.9 Å². The van der Waals surface area contributed by atoms with E-state index >= 15 is 0 Å². The van der Waals surface area contributed by atoms with Crippen LogP contribution in [0.25, 0.3) is 0 Å². The van der Waals surface area contributed by atoms with Crippen molar-refractivity contribution in [1.29, 1.82) is 0 Å². The zero-order valence-electron chi connectivity index (χ0n) is 11.5. The third kappa shape index (κ3) is 2.79. The lowest BCUT2D eigenvalue weighted by Gasteiger charge is -2.12. The Balaban J connectivity index is 2.38. The van der Waals surface area contributed by atoms with E-state index < -0.39 is 11.8 Å². The van der Waals surface area contributed by atoms with Gasteiger partial charge < -0.3 is 9.84 Å². The number of halogens is 1. The second-order valence-corrected chi connectivity index (χ2v) is 4.76. The fraction of sp³-hybridized carbons (Fsp3) is 0.188. The van der Waals surface area contributed by atoms with Gasteiger partial charge in [-0.1, -0.05) is 6.07 Å². The van der Waals surface area contributed by atoms with Gasteiger partial charge in [-0.05, 0) is 61.7 Å². The molecular formula is C16H15FO3. The van der Waals surface area contributed by atoms with Crippen molar-refractivity contribution in [2.45, 2.75) is 20.8 Å². The normalized spacial score (nSPS) is 10.4. The van der Waals surface area contributed by atoms with Crippen LogP contribution < -0.4 is 4.74 Å². The molecule has 0 amide bonds. The zero-order chi connectivity index (χ0) is 14.9. The minimum Gasteiger partial charge on any atom is -0.478 e. The third-order valence-electron chi connectivity index (χ3n) is 3.16. The molecule has 0 fully saturated rings. The van der Waals surface area contributed by atoms with Crippen LogP contribution in [0.4, 0.5) is 4.39 Å². The minimum absolute atomic E-state index is 0.0168. The highest BCUT2D eigenvalue weighted by Gasteiger charge is 2.12. The van der Waals surface area contributed by atoms with Crippen molar-refractivity contribution in [3.8, 4) is 11.5 Å². The molecule has 0 spiro atoms. The second-order valence-electron chi connectivity index (χ2n) is 4.76. The summed E-state index contributed by atoms with van der Waals surface area (Å²) in [5, 5.41) is 8.80. The van der Waals surface area contributed by atoms with E-state index in [2.05, 4.69) is 0 Å². The van der Waals surface area contributed by atoms with Gasteiger partial charge in [0.2, 0.25) is 0 Å². The Morgan fingerprint density at radius 3 is 2.40 bits per heavy atom. The first-order valence-corrected chi connectivity index (χ1v) is 6.17. The molecule has 0 unspecified atom stereocenters. The van der Waals surface area contributed by atoms with Crippen LogP contribution in [0, 0.1) is 26.6 Å². The summed E-state index contributed by atoms with van der Waals surface area (Å²) in [5.41, 5.74) is 2.90. The van der Waals surface area contributed by atoms with Gasteiger partial charge >= 0.3 is 5.97 Å². The second kappa shape index (κ2) is 5.33. The predicted molar refractivity (Wildman–Crippen MR) is 74.1 cm³/mol. The minimum atomic E-state index is -1.17. The number of ether oxygens (including phenoxy) is 1. The van der Waals surface area contributed by atoms with E-state index in [1.165, 1.54) is 12.1 Å². The molecule has 104 valence electrons. The molecular weight excluding hydrogens is 259 g/mol.